The van der Waals surface area contributed by atoms with Crippen LogP contribution in [0, 0.1) is 31.3 Å². The van der Waals surface area contributed by atoms with Gasteiger partial charge >= 0.3 is 0 Å². The Bertz CT molecular complexity index is 674. The van der Waals surface area contributed by atoms with Gasteiger partial charge in [-0.3, -0.25) is 0 Å². The number of aromatic nitrogens is 2. The summed E-state index contributed by atoms with van der Waals surface area (Å²) >= 11 is 0. The number of aryl methyl sites for hydroxylation is 1. The van der Waals surface area contributed by atoms with Gasteiger partial charge in [0.25, 0.3) is 0 Å². The van der Waals surface area contributed by atoms with Crippen molar-refractivity contribution in [2.75, 3.05) is 17.2 Å². The van der Waals surface area contributed by atoms with Gasteiger partial charge in [-0.15, -0.1) is 0 Å². The quantitative estimate of drug-likeness (QED) is 0.845. The molecule has 0 atom stereocenters. The average Bonchev–Trinajstić information content (AvgIpc) is 2.41. The molecule has 0 bridgehead atoms. The monoisotopic (exact) mass is 296 g/mol. The fourth-order valence-electron chi connectivity index (χ4n) is 1.86. The summed E-state index contributed by atoms with van der Waals surface area (Å²) in [5, 5.41) is 5.66. The highest BCUT2D eigenvalue weighted by molar-refractivity contribution is 5.65. The molecule has 1 aromatic carbocycles. The molecule has 1 heterocycles. The largest absolute Gasteiger partial charge is 0.370 e. The van der Waals surface area contributed by atoms with E-state index in [1.165, 1.54) is 0 Å². The highest BCUT2D eigenvalue weighted by Crippen LogP contribution is 2.26. The summed E-state index contributed by atoms with van der Waals surface area (Å²) in [5.74, 6) is -1.94. The lowest BCUT2D eigenvalue weighted by molar-refractivity contribution is 0.498. The summed E-state index contributed by atoms with van der Waals surface area (Å²) in [7, 11) is 0. The molecule has 1 aromatic heterocycles. The van der Waals surface area contributed by atoms with Crippen molar-refractivity contribution in [3.63, 3.8) is 0 Å². The number of anilines is 3. The molecule has 2 N–H and O–H groups in total. The minimum Gasteiger partial charge on any atom is -0.370 e. The van der Waals surface area contributed by atoms with E-state index in [4.69, 9.17) is 0 Å². The SMILES string of the molecule is CCNc1nc(C)nc(Nc2cc(F)cc(F)c2F)c1C. The lowest BCUT2D eigenvalue weighted by Gasteiger charge is -2.14. The summed E-state index contributed by atoms with van der Waals surface area (Å²) in [6.07, 6.45) is 0. The molecule has 112 valence electrons. The van der Waals surface area contributed by atoms with Gasteiger partial charge in [0.05, 0.1) is 5.69 Å². The number of nitrogens with zero attached hydrogens (tertiary/aromatic N) is 2. The molecule has 0 aliphatic rings. The molecule has 0 radical (unpaired) electrons. The smallest absolute Gasteiger partial charge is 0.182 e. The van der Waals surface area contributed by atoms with Crippen LogP contribution in [0.2, 0.25) is 0 Å². The van der Waals surface area contributed by atoms with Gasteiger partial charge in [0.1, 0.15) is 23.3 Å². The highest BCUT2D eigenvalue weighted by Gasteiger charge is 2.14. The first kappa shape index (κ1) is 15.1. The second-order valence-electron chi connectivity index (χ2n) is 4.50. The number of hydrogen-bond donors (Lipinski definition) is 2. The van der Waals surface area contributed by atoms with Crippen molar-refractivity contribution in [1.29, 1.82) is 0 Å². The number of nitrogens with one attached hydrogen (secondary N) is 2. The van der Waals surface area contributed by atoms with E-state index in [-0.39, 0.29) is 5.69 Å². The van der Waals surface area contributed by atoms with Crippen LogP contribution in [0.25, 0.3) is 0 Å². The average molecular weight is 296 g/mol. The van der Waals surface area contributed by atoms with E-state index < -0.39 is 17.5 Å². The van der Waals surface area contributed by atoms with E-state index in [0.717, 1.165) is 6.07 Å². The number of halogens is 3. The van der Waals surface area contributed by atoms with Crippen molar-refractivity contribution < 1.29 is 13.2 Å². The minimum atomic E-state index is -1.26. The summed E-state index contributed by atoms with van der Waals surface area (Å²) in [6.45, 7) is 5.96. The van der Waals surface area contributed by atoms with Crippen LogP contribution >= 0.6 is 0 Å². The maximum atomic E-state index is 13.7. The molecule has 0 saturated heterocycles. The first-order valence-corrected chi connectivity index (χ1v) is 6.43. The first-order valence-electron chi connectivity index (χ1n) is 6.43. The Balaban J connectivity index is 2.44. The van der Waals surface area contributed by atoms with E-state index >= 15 is 0 Å². The van der Waals surface area contributed by atoms with Gasteiger partial charge < -0.3 is 10.6 Å². The molecule has 0 aliphatic carbocycles. The van der Waals surface area contributed by atoms with Crippen LogP contribution in [0.15, 0.2) is 12.1 Å². The molecule has 0 amide bonds. The molecule has 0 aliphatic heterocycles. The minimum absolute atomic E-state index is 0.294. The van der Waals surface area contributed by atoms with Gasteiger partial charge in [-0.25, -0.2) is 23.1 Å². The van der Waals surface area contributed by atoms with Crippen LogP contribution < -0.4 is 10.6 Å². The lowest BCUT2D eigenvalue weighted by atomic mass is 10.2. The van der Waals surface area contributed by atoms with Crippen LogP contribution in [0.1, 0.15) is 18.3 Å². The Kier molecular flexibility index (Phi) is 4.30. The van der Waals surface area contributed by atoms with E-state index in [9.17, 15) is 13.2 Å². The molecule has 7 heteroatoms. The molecule has 21 heavy (non-hydrogen) atoms. The standard InChI is InChI=1S/C14H15F3N4/c1-4-18-13-7(2)14(20-8(3)19-13)21-11-6-9(15)5-10(16)12(11)17/h5-6H,4H2,1-3H3,(H2,18,19,20,21). The Morgan fingerprint density at radius 1 is 1.05 bits per heavy atom. The summed E-state index contributed by atoms with van der Waals surface area (Å²) in [5.41, 5.74) is 0.322. The van der Waals surface area contributed by atoms with Crippen LogP contribution in [-0.4, -0.2) is 16.5 Å². The van der Waals surface area contributed by atoms with Gasteiger partial charge in [0.15, 0.2) is 11.6 Å². The molecule has 0 saturated carbocycles. The molecular weight excluding hydrogens is 281 g/mol. The normalized spacial score (nSPS) is 10.6. The lowest BCUT2D eigenvalue weighted by Crippen LogP contribution is -2.08. The molecule has 0 unspecified atom stereocenters. The van der Waals surface area contributed by atoms with E-state index in [1.807, 2.05) is 6.92 Å². The van der Waals surface area contributed by atoms with Gasteiger partial charge in [0, 0.05) is 24.2 Å². The zero-order chi connectivity index (χ0) is 15.6. The maximum absolute atomic E-state index is 13.7. The number of benzene rings is 1. The molecule has 0 spiro atoms. The van der Waals surface area contributed by atoms with Crippen LogP contribution in [-0.2, 0) is 0 Å². The first-order chi connectivity index (χ1) is 9.92. The molecule has 2 rings (SSSR count). The second kappa shape index (κ2) is 5.99. The van der Waals surface area contributed by atoms with Crippen molar-refractivity contribution in [2.24, 2.45) is 0 Å². The summed E-state index contributed by atoms with van der Waals surface area (Å²) in [6, 6.07) is 1.37. The van der Waals surface area contributed by atoms with Crippen molar-refractivity contribution in [3.05, 3.63) is 41.0 Å². The second-order valence-corrected chi connectivity index (χ2v) is 4.50. The molecule has 0 fully saturated rings. The Labute approximate surface area is 120 Å². The summed E-state index contributed by atoms with van der Waals surface area (Å²) < 4.78 is 40.1. The molecule has 2 aromatic rings. The fourth-order valence-corrected chi connectivity index (χ4v) is 1.86. The van der Waals surface area contributed by atoms with Crippen molar-refractivity contribution in [1.82, 2.24) is 9.97 Å². The Morgan fingerprint density at radius 2 is 1.71 bits per heavy atom. The van der Waals surface area contributed by atoms with Crippen molar-refractivity contribution in [3.8, 4) is 0 Å². The Hall–Kier alpha value is -2.31. The maximum Gasteiger partial charge on any atom is 0.182 e. The molecular formula is C14H15F3N4. The van der Waals surface area contributed by atoms with Crippen LogP contribution in [0.4, 0.5) is 30.5 Å². The zero-order valence-corrected chi connectivity index (χ0v) is 11.9. The van der Waals surface area contributed by atoms with Crippen LogP contribution in [0.5, 0.6) is 0 Å². The number of rotatable bonds is 4. The predicted octanol–water partition coefficient (Wildman–Crippen LogP) is 3.69. The third kappa shape index (κ3) is 3.24. The topological polar surface area (TPSA) is 49.8 Å². The van der Waals surface area contributed by atoms with E-state index in [2.05, 4.69) is 20.6 Å². The third-order valence-electron chi connectivity index (χ3n) is 2.85. The van der Waals surface area contributed by atoms with Gasteiger partial charge in [-0.2, -0.15) is 0 Å². The van der Waals surface area contributed by atoms with E-state index in [0.29, 0.717) is 35.6 Å². The zero-order valence-electron chi connectivity index (χ0n) is 11.9. The van der Waals surface area contributed by atoms with Gasteiger partial charge in [-0.05, 0) is 20.8 Å². The van der Waals surface area contributed by atoms with E-state index in [1.54, 1.807) is 13.8 Å². The third-order valence-corrected chi connectivity index (χ3v) is 2.85. The number of hydrogen-bond acceptors (Lipinski definition) is 4. The van der Waals surface area contributed by atoms with Crippen LogP contribution in [0.3, 0.4) is 0 Å². The predicted molar refractivity (Wildman–Crippen MR) is 75.3 cm³/mol. The van der Waals surface area contributed by atoms with Crippen molar-refractivity contribution in [2.45, 2.75) is 20.8 Å². The van der Waals surface area contributed by atoms with Gasteiger partial charge in [-0.1, -0.05) is 0 Å². The van der Waals surface area contributed by atoms with Gasteiger partial charge in [0.2, 0.25) is 0 Å². The molecule has 4 nitrogen and oxygen atoms in total. The highest BCUT2D eigenvalue weighted by atomic mass is 19.2. The van der Waals surface area contributed by atoms with Crippen molar-refractivity contribution >= 4 is 17.3 Å². The Morgan fingerprint density at radius 3 is 2.38 bits per heavy atom. The summed E-state index contributed by atoms with van der Waals surface area (Å²) in [4.78, 5) is 8.36. The fraction of sp³-hybridized carbons (Fsp3) is 0.286.